The van der Waals surface area contributed by atoms with E-state index in [1.54, 1.807) is 18.2 Å². The molecule has 0 fully saturated rings. The van der Waals surface area contributed by atoms with Crippen LogP contribution in [-0.4, -0.2) is 30.8 Å². The van der Waals surface area contributed by atoms with E-state index in [0.717, 1.165) is 23.1 Å². The van der Waals surface area contributed by atoms with Gasteiger partial charge < -0.3 is 15.2 Å². The summed E-state index contributed by atoms with van der Waals surface area (Å²) in [5.41, 5.74) is 3.85. The molecule has 2 aromatic carbocycles. The number of halogens is 1. The number of aliphatic hydroxyl groups is 1. The molecule has 2 aromatic rings. The predicted molar refractivity (Wildman–Crippen MR) is 92.8 cm³/mol. The molecule has 0 radical (unpaired) electrons. The van der Waals surface area contributed by atoms with Crippen molar-refractivity contribution in [3.05, 3.63) is 70.5 Å². The van der Waals surface area contributed by atoms with E-state index in [2.05, 4.69) is 5.32 Å². The van der Waals surface area contributed by atoms with Crippen molar-refractivity contribution in [1.82, 2.24) is 5.32 Å². The average Bonchev–Trinajstić information content (AvgIpc) is 2.66. The molecule has 0 aromatic heterocycles. The number of amides is 1. The van der Waals surface area contributed by atoms with Crippen LogP contribution in [0.5, 0.6) is 0 Å². The summed E-state index contributed by atoms with van der Waals surface area (Å²) in [5.74, 6) is -0.539. The fourth-order valence-electron chi connectivity index (χ4n) is 3.00. The highest BCUT2D eigenvalue weighted by Gasteiger charge is 2.15. The lowest BCUT2D eigenvalue weighted by Gasteiger charge is -2.18. The van der Waals surface area contributed by atoms with Gasteiger partial charge in [0.2, 0.25) is 0 Å². The summed E-state index contributed by atoms with van der Waals surface area (Å²) in [6.45, 7) is 1.61. The van der Waals surface area contributed by atoms with E-state index < -0.39 is 0 Å². The van der Waals surface area contributed by atoms with Gasteiger partial charge in [0.1, 0.15) is 5.82 Å². The largest absolute Gasteiger partial charge is 0.396 e. The highest BCUT2D eigenvalue weighted by Crippen LogP contribution is 2.18. The molecule has 1 aliphatic rings. The molecule has 4 nitrogen and oxygen atoms in total. The Morgan fingerprint density at radius 1 is 1.20 bits per heavy atom. The molecular formula is C20H22FNO3. The molecule has 3 rings (SSSR count). The summed E-state index contributed by atoms with van der Waals surface area (Å²) in [4.78, 5) is 12.4. The summed E-state index contributed by atoms with van der Waals surface area (Å²) in [7, 11) is 0. The molecule has 0 saturated carbocycles. The molecule has 0 spiro atoms. The lowest BCUT2D eigenvalue weighted by atomic mass is 9.98. The third-order valence-electron chi connectivity index (χ3n) is 4.49. The van der Waals surface area contributed by atoms with E-state index in [-0.39, 0.29) is 24.2 Å². The smallest absolute Gasteiger partial charge is 0.251 e. The van der Waals surface area contributed by atoms with Gasteiger partial charge in [0, 0.05) is 24.6 Å². The first kappa shape index (κ1) is 17.6. The van der Waals surface area contributed by atoms with E-state index in [9.17, 15) is 14.3 Å². The van der Waals surface area contributed by atoms with Gasteiger partial charge >= 0.3 is 0 Å². The monoisotopic (exact) mass is 343 g/mol. The number of carbonyl (C=O) groups is 1. The zero-order valence-corrected chi connectivity index (χ0v) is 14.0. The first-order valence-corrected chi connectivity index (χ1v) is 8.49. The fourth-order valence-corrected chi connectivity index (χ4v) is 3.00. The third-order valence-corrected chi connectivity index (χ3v) is 4.49. The van der Waals surface area contributed by atoms with Gasteiger partial charge in [0.15, 0.2) is 0 Å². The number of rotatable bonds is 6. The number of hydrogen-bond donors (Lipinski definition) is 2. The summed E-state index contributed by atoms with van der Waals surface area (Å²) in [5, 5.41) is 12.4. The Morgan fingerprint density at radius 3 is 2.76 bits per heavy atom. The van der Waals surface area contributed by atoms with Crippen LogP contribution in [0.2, 0.25) is 0 Å². The molecule has 5 heteroatoms. The van der Waals surface area contributed by atoms with Crippen LogP contribution < -0.4 is 5.32 Å². The van der Waals surface area contributed by atoms with Crippen LogP contribution in [0.3, 0.4) is 0 Å². The summed E-state index contributed by atoms with van der Waals surface area (Å²) >= 11 is 0. The zero-order valence-electron chi connectivity index (χ0n) is 14.0. The number of aliphatic hydroxyl groups excluding tert-OH is 1. The van der Waals surface area contributed by atoms with Crippen molar-refractivity contribution < 1.29 is 19.0 Å². The second-order valence-corrected chi connectivity index (χ2v) is 6.38. The Bertz CT molecular complexity index is 730. The molecule has 1 heterocycles. The highest BCUT2D eigenvalue weighted by atomic mass is 19.1. The topological polar surface area (TPSA) is 58.6 Å². The standard InChI is InChI=1S/C20H22FNO3/c21-19-5-1-14(2-6-19)9-15(12-23)11-22-20(24)17-3-4-18-13-25-8-7-16(18)10-17/h1-6,10,15,23H,7-9,11-13H2,(H,22,24). The first-order chi connectivity index (χ1) is 12.2. The number of carbonyl (C=O) groups excluding carboxylic acids is 1. The summed E-state index contributed by atoms with van der Waals surface area (Å²) in [6.07, 6.45) is 1.40. The number of fused-ring (bicyclic) bond motifs is 1. The van der Waals surface area contributed by atoms with Crippen molar-refractivity contribution in [2.75, 3.05) is 19.8 Å². The lowest BCUT2D eigenvalue weighted by molar-refractivity contribution is 0.0937. The molecule has 2 N–H and O–H groups in total. The van der Waals surface area contributed by atoms with Gasteiger partial charge in [0.25, 0.3) is 5.91 Å². The minimum atomic E-state index is -0.282. The van der Waals surface area contributed by atoms with Crippen molar-refractivity contribution in [2.45, 2.75) is 19.4 Å². The second kappa shape index (κ2) is 8.23. The van der Waals surface area contributed by atoms with Crippen molar-refractivity contribution in [1.29, 1.82) is 0 Å². The minimum Gasteiger partial charge on any atom is -0.396 e. The van der Waals surface area contributed by atoms with E-state index in [1.165, 1.54) is 12.1 Å². The Morgan fingerprint density at radius 2 is 2.00 bits per heavy atom. The molecular weight excluding hydrogens is 321 g/mol. The molecule has 1 atom stereocenters. The maximum Gasteiger partial charge on any atom is 0.251 e. The van der Waals surface area contributed by atoms with Crippen LogP contribution >= 0.6 is 0 Å². The van der Waals surface area contributed by atoms with Crippen LogP contribution in [0.4, 0.5) is 4.39 Å². The minimum absolute atomic E-state index is 0.0425. The van der Waals surface area contributed by atoms with Crippen LogP contribution in [0, 0.1) is 11.7 Å². The van der Waals surface area contributed by atoms with Gasteiger partial charge in [0.05, 0.1) is 13.2 Å². The Balaban J connectivity index is 1.57. The van der Waals surface area contributed by atoms with Crippen LogP contribution in [0.1, 0.15) is 27.0 Å². The molecule has 1 amide bonds. The SMILES string of the molecule is O=C(NCC(CO)Cc1ccc(F)cc1)c1ccc2c(c1)CCOC2. The van der Waals surface area contributed by atoms with E-state index >= 15 is 0 Å². The van der Waals surface area contributed by atoms with Gasteiger partial charge in [-0.1, -0.05) is 18.2 Å². The molecule has 1 aliphatic heterocycles. The normalized spacial score (nSPS) is 14.6. The second-order valence-electron chi connectivity index (χ2n) is 6.38. The van der Waals surface area contributed by atoms with Crippen LogP contribution in [0.25, 0.3) is 0 Å². The Labute approximate surface area is 146 Å². The Kier molecular flexibility index (Phi) is 5.79. The summed E-state index contributed by atoms with van der Waals surface area (Å²) in [6, 6.07) is 11.9. The molecule has 132 valence electrons. The van der Waals surface area contributed by atoms with Gasteiger partial charge in [-0.2, -0.15) is 0 Å². The average molecular weight is 343 g/mol. The van der Waals surface area contributed by atoms with Gasteiger partial charge in [-0.05, 0) is 53.8 Å². The molecule has 0 saturated heterocycles. The molecule has 25 heavy (non-hydrogen) atoms. The highest BCUT2D eigenvalue weighted by molar-refractivity contribution is 5.94. The van der Waals surface area contributed by atoms with Crippen molar-refractivity contribution in [3.8, 4) is 0 Å². The predicted octanol–water partition coefficient (Wildman–Crippen LogP) is 2.48. The first-order valence-electron chi connectivity index (χ1n) is 8.49. The lowest BCUT2D eigenvalue weighted by Crippen LogP contribution is -2.32. The van der Waals surface area contributed by atoms with E-state index in [1.807, 2.05) is 12.1 Å². The summed E-state index contributed by atoms with van der Waals surface area (Å²) < 4.78 is 18.4. The number of nitrogens with one attached hydrogen (secondary N) is 1. The van der Waals surface area contributed by atoms with Crippen molar-refractivity contribution in [3.63, 3.8) is 0 Å². The maximum absolute atomic E-state index is 13.0. The zero-order chi connectivity index (χ0) is 17.6. The van der Waals surface area contributed by atoms with E-state index in [0.29, 0.717) is 31.7 Å². The fraction of sp³-hybridized carbons (Fsp3) is 0.350. The number of hydrogen-bond acceptors (Lipinski definition) is 3. The quantitative estimate of drug-likeness (QED) is 0.847. The van der Waals surface area contributed by atoms with Crippen LogP contribution in [0.15, 0.2) is 42.5 Å². The van der Waals surface area contributed by atoms with Gasteiger partial charge in [-0.3, -0.25) is 4.79 Å². The molecule has 1 unspecified atom stereocenters. The van der Waals surface area contributed by atoms with Crippen LogP contribution in [-0.2, 0) is 24.2 Å². The van der Waals surface area contributed by atoms with Crippen molar-refractivity contribution >= 4 is 5.91 Å². The number of benzene rings is 2. The third kappa shape index (κ3) is 4.65. The number of ether oxygens (including phenoxy) is 1. The van der Waals surface area contributed by atoms with Gasteiger partial charge in [-0.25, -0.2) is 4.39 Å². The Hall–Kier alpha value is -2.24. The van der Waals surface area contributed by atoms with Gasteiger partial charge in [-0.15, -0.1) is 0 Å². The maximum atomic E-state index is 13.0. The van der Waals surface area contributed by atoms with Crippen molar-refractivity contribution in [2.24, 2.45) is 5.92 Å². The molecule has 0 bridgehead atoms. The molecule has 0 aliphatic carbocycles. The van der Waals surface area contributed by atoms with E-state index in [4.69, 9.17) is 4.74 Å².